The summed E-state index contributed by atoms with van der Waals surface area (Å²) in [4.78, 5) is 41.4. The summed E-state index contributed by atoms with van der Waals surface area (Å²) in [6.07, 6.45) is 1.92. The molecule has 0 saturated carbocycles. The molecule has 0 spiro atoms. The number of aryl methyl sites for hydroxylation is 1. The number of carboxylic acid groups (broad SMARTS) is 1. The number of nitrogens with two attached hydrogens (primary N) is 1. The first-order chi connectivity index (χ1) is 17.4. The number of fused-ring (bicyclic) bond motifs is 1. The molecule has 0 fully saturated rings. The van der Waals surface area contributed by atoms with E-state index < -0.39 is 12.0 Å². The predicted molar refractivity (Wildman–Crippen MR) is 140 cm³/mol. The molecule has 1 aromatic heterocycles. The molecule has 0 bridgehead atoms. The highest BCUT2D eigenvalue weighted by Gasteiger charge is 2.25. The summed E-state index contributed by atoms with van der Waals surface area (Å²) < 4.78 is 0. The summed E-state index contributed by atoms with van der Waals surface area (Å²) in [5.41, 5.74) is 10.1. The average molecular weight is 491 g/mol. The molecule has 2 aromatic carbocycles. The predicted octanol–water partition coefficient (Wildman–Crippen LogP) is 3.35. The second kappa shape index (κ2) is 13.3. The van der Waals surface area contributed by atoms with Gasteiger partial charge >= 0.3 is 5.97 Å². The van der Waals surface area contributed by atoms with Crippen LogP contribution in [0.25, 0.3) is 22.0 Å². The number of nitrogens with zero attached hydrogens (tertiary/aromatic N) is 1. The molecule has 8 nitrogen and oxygen atoms in total. The number of carbonyl (C=O) groups excluding carboxylic acids is 2. The number of pyridine rings is 1. The van der Waals surface area contributed by atoms with E-state index in [0.717, 1.165) is 46.1 Å². The van der Waals surface area contributed by atoms with Crippen LogP contribution in [0.4, 0.5) is 0 Å². The number of unbranched alkanes of at least 4 members (excludes halogenated alkanes) is 1. The molecular formula is C28H34N4O4. The van der Waals surface area contributed by atoms with Crippen molar-refractivity contribution in [3.8, 4) is 11.1 Å². The Bertz CT molecular complexity index is 1200. The standard InChI is InChI=1S/C28H34N4O4/c1-19-22(27(20-10-3-2-4-11-20)21-12-5-6-13-23(21)31-19)18-24(28(36)30-17-8-7-16-29)32-25(33)14-9-15-26(34)35/h2-6,10-13,24H,7-9,14-18,29H2,1H3,(H,30,36)(H,32,33)(H,34,35). The molecule has 5 N–H and O–H groups in total. The number of carbonyl (C=O) groups is 3. The fraction of sp³-hybridized carbons (Fsp3) is 0.357. The largest absolute Gasteiger partial charge is 0.481 e. The van der Waals surface area contributed by atoms with Gasteiger partial charge in [0.05, 0.1) is 5.52 Å². The monoisotopic (exact) mass is 490 g/mol. The Balaban J connectivity index is 1.95. The van der Waals surface area contributed by atoms with Crippen LogP contribution in [0, 0.1) is 6.92 Å². The van der Waals surface area contributed by atoms with Gasteiger partial charge in [-0.3, -0.25) is 19.4 Å². The van der Waals surface area contributed by atoms with E-state index in [2.05, 4.69) is 10.6 Å². The van der Waals surface area contributed by atoms with Crippen LogP contribution in [-0.4, -0.2) is 47.0 Å². The zero-order valence-corrected chi connectivity index (χ0v) is 20.6. The van der Waals surface area contributed by atoms with Gasteiger partial charge in [-0.1, -0.05) is 48.5 Å². The van der Waals surface area contributed by atoms with E-state index in [4.69, 9.17) is 15.8 Å². The van der Waals surface area contributed by atoms with Crippen molar-refractivity contribution in [2.24, 2.45) is 5.73 Å². The number of amides is 2. The van der Waals surface area contributed by atoms with Crippen molar-refractivity contribution in [1.82, 2.24) is 15.6 Å². The SMILES string of the molecule is Cc1nc2ccccc2c(-c2ccccc2)c1CC(NC(=O)CCCC(=O)O)C(=O)NCCCCN. The number of para-hydroxylation sites is 1. The summed E-state index contributed by atoms with van der Waals surface area (Å²) in [6, 6.07) is 17.0. The molecule has 0 saturated heterocycles. The van der Waals surface area contributed by atoms with E-state index in [0.29, 0.717) is 13.1 Å². The normalized spacial score (nSPS) is 11.7. The second-order valence-corrected chi connectivity index (χ2v) is 8.79. The molecule has 190 valence electrons. The molecule has 3 rings (SSSR count). The van der Waals surface area contributed by atoms with Gasteiger partial charge < -0.3 is 21.5 Å². The number of benzene rings is 2. The molecule has 36 heavy (non-hydrogen) atoms. The molecule has 0 aliphatic carbocycles. The number of hydrogen-bond acceptors (Lipinski definition) is 5. The number of aliphatic carboxylic acids is 1. The Morgan fingerprint density at radius 2 is 1.69 bits per heavy atom. The van der Waals surface area contributed by atoms with Crippen LogP contribution in [0.2, 0.25) is 0 Å². The van der Waals surface area contributed by atoms with Gasteiger partial charge in [0, 0.05) is 36.9 Å². The van der Waals surface area contributed by atoms with Crippen LogP contribution in [0.1, 0.15) is 43.4 Å². The maximum absolute atomic E-state index is 13.2. The molecule has 1 atom stereocenters. The lowest BCUT2D eigenvalue weighted by molar-refractivity contribution is -0.137. The fourth-order valence-corrected chi connectivity index (χ4v) is 4.24. The van der Waals surface area contributed by atoms with Crippen molar-refractivity contribution in [2.75, 3.05) is 13.1 Å². The summed E-state index contributed by atoms with van der Waals surface area (Å²) >= 11 is 0. The minimum atomic E-state index is -0.956. The Morgan fingerprint density at radius 1 is 0.972 bits per heavy atom. The van der Waals surface area contributed by atoms with Crippen LogP contribution >= 0.6 is 0 Å². The Hall–Kier alpha value is -3.78. The summed E-state index contributed by atoms with van der Waals surface area (Å²) in [5.74, 6) is -1.60. The third-order valence-electron chi connectivity index (χ3n) is 6.05. The van der Waals surface area contributed by atoms with Crippen molar-refractivity contribution in [1.29, 1.82) is 0 Å². The first kappa shape index (κ1) is 26.8. The number of carboxylic acids is 1. The van der Waals surface area contributed by atoms with E-state index in [1.165, 1.54) is 0 Å². The summed E-state index contributed by atoms with van der Waals surface area (Å²) in [7, 11) is 0. The molecule has 3 aromatic rings. The van der Waals surface area contributed by atoms with Gasteiger partial charge in [0.25, 0.3) is 0 Å². The summed E-state index contributed by atoms with van der Waals surface area (Å²) in [5, 5.41) is 15.6. The molecule has 0 aliphatic heterocycles. The zero-order valence-electron chi connectivity index (χ0n) is 20.6. The van der Waals surface area contributed by atoms with Crippen LogP contribution in [0.3, 0.4) is 0 Å². The van der Waals surface area contributed by atoms with Crippen molar-refractivity contribution >= 4 is 28.7 Å². The quantitative estimate of drug-likeness (QED) is 0.272. The minimum absolute atomic E-state index is 0.0315. The minimum Gasteiger partial charge on any atom is -0.481 e. The van der Waals surface area contributed by atoms with Crippen molar-refractivity contribution in [3.63, 3.8) is 0 Å². The third kappa shape index (κ3) is 7.36. The van der Waals surface area contributed by atoms with E-state index in [1.54, 1.807) is 0 Å². The highest BCUT2D eigenvalue weighted by molar-refractivity contribution is 5.97. The van der Waals surface area contributed by atoms with Crippen molar-refractivity contribution < 1.29 is 19.5 Å². The molecular weight excluding hydrogens is 456 g/mol. The van der Waals surface area contributed by atoms with E-state index in [9.17, 15) is 14.4 Å². The zero-order chi connectivity index (χ0) is 25.9. The molecule has 0 aliphatic rings. The van der Waals surface area contributed by atoms with Gasteiger partial charge in [0.2, 0.25) is 11.8 Å². The van der Waals surface area contributed by atoms with Gasteiger partial charge in [0.1, 0.15) is 6.04 Å². The fourth-order valence-electron chi connectivity index (χ4n) is 4.24. The van der Waals surface area contributed by atoms with Crippen LogP contribution < -0.4 is 16.4 Å². The van der Waals surface area contributed by atoms with Crippen LogP contribution in [0.5, 0.6) is 0 Å². The summed E-state index contributed by atoms with van der Waals surface area (Å²) in [6.45, 7) is 2.92. The second-order valence-electron chi connectivity index (χ2n) is 8.79. The first-order valence-electron chi connectivity index (χ1n) is 12.3. The van der Waals surface area contributed by atoms with Crippen molar-refractivity contribution in [2.45, 2.75) is 51.5 Å². The highest BCUT2D eigenvalue weighted by Crippen LogP contribution is 2.33. The smallest absolute Gasteiger partial charge is 0.303 e. The number of nitrogens with one attached hydrogen (secondary N) is 2. The number of hydrogen-bond donors (Lipinski definition) is 4. The molecule has 8 heteroatoms. The van der Waals surface area contributed by atoms with E-state index >= 15 is 0 Å². The molecule has 0 radical (unpaired) electrons. The number of aromatic nitrogens is 1. The van der Waals surface area contributed by atoms with Gasteiger partial charge in [0.15, 0.2) is 0 Å². The molecule has 2 amide bonds. The van der Waals surface area contributed by atoms with Crippen LogP contribution in [0.15, 0.2) is 54.6 Å². The average Bonchev–Trinajstić information content (AvgIpc) is 2.86. The lowest BCUT2D eigenvalue weighted by Crippen LogP contribution is -2.48. The molecule has 1 unspecified atom stereocenters. The Morgan fingerprint density at radius 3 is 2.42 bits per heavy atom. The Kier molecular flexibility index (Phi) is 9.94. The van der Waals surface area contributed by atoms with Gasteiger partial charge in [-0.15, -0.1) is 0 Å². The van der Waals surface area contributed by atoms with Gasteiger partial charge in [-0.2, -0.15) is 0 Å². The van der Waals surface area contributed by atoms with Crippen molar-refractivity contribution in [3.05, 3.63) is 65.9 Å². The lowest BCUT2D eigenvalue weighted by atomic mass is 9.90. The van der Waals surface area contributed by atoms with E-state index in [1.807, 2.05) is 61.5 Å². The highest BCUT2D eigenvalue weighted by atomic mass is 16.4. The maximum atomic E-state index is 13.2. The Labute approximate surface area is 211 Å². The number of rotatable bonds is 13. The lowest BCUT2D eigenvalue weighted by Gasteiger charge is -2.22. The third-order valence-corrected chi connectivity index (χ3v) is 6.05. The molecule has 1 heterocycles. The first-order valence-corrected chi connectivity index (χ1v) is 12.3. The van der Waals surface area contributed by atoms with Crippen LogP contribution in [-0.2, 0) is 20.8 Å². The topological polar surface area (TPSA) is 134 Å². The van der Waals surface area contributed by atoms with E-state index in [-0.39, 0.29) is 37.5 Å². The van der Waals surface area contributed by atoms with Gasteiger partial charge in [-0.25, -0.2) is 0 Å². The maximum Gasteiger partial charge on any atom is 0.303 e. The van der Waals surface area contributed by atoms with Gasteiger partial charge in [-0.05, 0) is 55.5 Å².